The summed E-state index contributed by atoms with van der Waals surface area (Å²) in [6, 6.07) is 13.9. The average Bonchev–Trinajstić information content (AvgIpc) is 3.20. The number of fused-ring (bicyclic) bond motifs is 1. The molecule has 8 heteroatoms. The summed E-state index contributed by atoms with van der Waals surface area (Å²) in [7, 11) is 0. The fraction of sp³-hybridized carbons (Fsp3) is 0.143. The number of nitro benzene ring substituents is 1. The van der Waals surface area contributed by atoms with Crippen LogP contribution in [0.25, 0.3) is 17.0 Å². The summed E-state index contributed by atoms with van der Waals surface area (Å²) in [5.74, 6) is -0.221. The van der Waals surface area contributed by atoms with Crippen molar-refractivity contribution in [1.82, 2.24) is 4.57 Å². The topological polar surface area (TPSA) is 68.4 Å². The van der Waals surface area contributed by atoms with Crippen LogP contribution in [0, 0.1) is 10.1 Å². The lowest BCUT2D eigenvalue weighted by Gasteiger charge is -2.13. The number of carbonyl (C=O) groups excluding carboxylic acids is 1. The molecule has 29 heavy (non-hydrogen) atoms. The van der Waals surface area contributed by atoms with Crippen LogP contribution in [-0.4, -0.2) is 19.7 Å². The average molecular weight is 424 g/mol. The monoisotopic (exact) mass is 423 g/mol. The predicted molar refractivity (Wildman–Crippen MR) is 121 cm³/mol. The highest BCUT2D eigenvalue weighted by molar-refractivity contribution is 8.27. The number of aromatic nitrogens is 1. The summed E-state index contributed by atoms with van der Waals surface area (Å²) in [5, 5.41) is 11.9. The van der Waals surface area contributed by atoms with E-state index in [2.05, 4.69) is 23.8 Å². The number of nitro groups is 1. The molecule has 0 atom stereocenters. The molecule has 146 valence electrons. The van der Waals surface area contributed by atoms with Crippen LogP contribution >= 0.6 is 24.0 Å². The fourth-order valence-electron chi connectivity index (χ4n) is 3.37. The van der Waals surface area contributed by atoms with E-state index in [0.29, 0.717) is 14.9 Å². The molecule has 2 aromatic carbocycles. The van der Waals surface area contributed by atoms with Crippen LogP contribution in [0.1, 0.15) is 18.9 Å². The number of thioether (sulfide) groups is 1. The molecule has 2 heterocycles. The molecule has 0 radical (unpaired) electrons. The van der Waals surface area contributed by atoms with E-state index in [9.17, 15) is 14.9 Å². The molecule has 4 rings (SSSR count). The number of carbonyl (C=O) groups is 1. The Bertz CT molecular complexity index is 1170. The van der Waals surface area contributed by atoms with Crippen LogP contribution in [0.5, 0.6) is 0 Å². The number of thiocarbonyl (C=S) groups is 1. The fourth-order valence-corrected chi connectivity index (χ4v) is 4.66. The molecular formula is C21H17N3O3S2. The number of para-hydroxylation sites is 1. The second-order valence-corrected chi connectivity index (χ2v) is 8.26. The van der Waals surface area contributed by atoms with E-state index in [1.165, 1.54) is 28.8 Å². The zero-order chi connectivity index (χ0) is 20.5. The molecule has 1 saturated heterocycles. The van der Waals surface area contributed by atoms with Gasteiger partial charge in [-0.05, 0) is 30.7 Å². The summed E-state index contributed by atoms with van der Waals surface area (Å²) in [6.07, 6.45) is 4.95. The maximum absolute atomic E-state index is 13.0. The first-order chi connectivity index (χ1) is 14.0. The molecule has 1 aromatic heterocycles. The minimum absolute atomic E-state index is 0.0292. The van der Waals surface area contributed by atoms with Gasteiger partial charge in [0, 0.05) is 41.3 Å². The first-order valence-corrected chi connectivity index (χ1v) is 10.3. The van der Waals surface area contributed by atoms with Crippen molar-refractivity contribution in [2.24, 2.45) is 0 Å². The lowest BCUT2D eigenvalue weighted by atomic mass is 10.1. The first kappa shape index (κ1) is 19.4. The molecule has 0 saturated carbocycles. The number of nitrogens with zero attached hydrogens (tertiary/aromatic N) is 3. The highest BCUT2D eigenvalue weighted by atomic mass is 32.2. The number of anilines is 1. The predicted octanol–water partition coefficient (Wildman–Crippen LogP) is 5.37. The molecule has 0 bridgehead atoms. The maximum atomic E-state index is 13.0. The number of benzene rings is 2. The van der Waals surface area contributed by atoms with Crippen LogP contribution < -0.4 is 4.90 Å². The number of rotatable bonds is 5. The van der Waals surface area contributed by atoms with Gasteiger partial charge in [-0.15, -0.1) is 0 Å². The first-order valence-electron chi connectivity index (χ1n) is 9.10. The van der Waals surface area contributed by atoms with Crippen LogP contribution in [0.3, 0.4) is 0 Å². The molecule has 6 nitrogen and oxygen atoms in total. The lowest BCUT2D eigenvalue weighted by molar-refractivity contribution is -0.384. The van der Waals surface area contributed by atoms with Gasteiger partial charge in [-0.1, -0.05) is 49.1 Å². The molecule has 1 amide bonds. The van der Waals surface area contributed by atoms with E-state index in [0.717, 1.165) is 29.4 Å². The van der Waals surface area contributed by atoms with Crippen molar-refractivity contribution in [2.45, 2.75) is 19.9 Å². The van der Waals surface area contributed by atoms with E-state index in [4.69, 9.17) is 12.2 Å². The molecule has 3 aromatic rings. The van der Waals surface area contributed by atoms with Gasteiger partial charge in [0.05, 0.1) is 15.5 Å². The van der Waals surface area contributed by atoms with Gasteiger partial charge in [0.15, 0.2) is 4.32 Å². The van der Waals surface area contributed by atoms with Crippen molar-refractivity contribution in [3.8, 4) is 0 Å². The van der Waals surface area contributed by atoms with Gasteiger partial charge in [0.1, 0.15) is 0 Å². The van der Waals surface area contributed by atoms with Crippen molar-refractivity contribution >= 4 is 62.6 Å². The Labute approximate surface area is 177 Å². The smallest absolute Gasteiger partial charge is 0.270 e. The Balaban J connectivity index is 1.69. The second kappa shape index (κ2) is 7.81. The van der Waals surface area contributed by atoms with E-state index >= 15 is 0 Å². The Kier molecular flexibility index (Phi) is 5.21. The minimum atomic E-state index is -0.472. The molecule has 1 aliphatic rings. The Morgan fingerprint density at radius 1 is 1.17 bits per heavy atom. The normalized spacial score (nSPS) is 15.6. The summed E-state index contributed by atoms with van der Waals surface area (Å²) >= 11 is 6.65. The van der Waals surface area contributed by atoms with Crippen molar-refractivity contribution < 1.29 is 9.72 Å². The van der Waals surface area contributed by atoms with Gasteiger partial charge in [0.2, 0.25) is 0 Å². The highest BCUT2D eigenvalue weighted by Crippen LogP contribution is 2.37. The van der Waals surface area contributed by atoms with Crippen LogP contribution in [0.15, 0.2) is 59.6 Å². The second-order valence-electron chi connectivity index (χ2n) is 6.59. The third kappa shape index (κ3) is 3.56. The van der Waals surface area contributed by atoms with Gasteiger partial charge >= 0.3 is 0 Å². The van der Waals surface area contributed by atoms with E-state index in [-0.39, 0.29) is 11.6 Å². The van der Waals surface area contributed by atoms with Crippen LogP contribution in [-0.2, 0) is 11.3 Å². The zero-order valence-electron chi connectivity index (χ0n) is 15.6. The molecule has 0 unspecified atom stereocenters. The van der Waals surface area contributed by atoms with Gasteiger partial charge < -0.3 is 4.57 Å². The molecule has 1 fully saturated rings. The summed E-state index contributed by atoms with van der Waals surface area (Å²) in [4.78, 5) is 25.4. The van der Waals surface area contributed by atoms with Gasteiger partial charge in [-0.3, -0.25) is 19.8 Å². The van der Waals surface area contributed by atoms with Crippen molar-refractivity contribution in [3.05, 3.63) is 75.3 Å². The van der Waals surface area contributed by atoms with Crippen molar-refractivity contribution in [1.29, 1.82) is 0 Å². The maximum Gasteiger partial charge on any atom is 0.270 e. The Hall–Kier alpha value is -2.97. The van der Waals surface area contributed by atoms with Crippen LogP contribution in [0.4, 0.5) is 11.4 Å². The van der Waals surface area contributed by atoms with Gasteiger partial charge in [-0.25, -0.2) is 0 Å². The number of aryl methyl sites for hydroxylation is 1. The van der Waals surface area contributed by atoms with Crippen LogP contribution in [0.2, 0.25) is 0 Å². The minimum Gasteiger partial charge on any atom is -0.347 e. The molecule has 0 N–H and O–H groups in total. The zero-order valence-corrected chi connectivity index (χ0v) is 17.2. The van der Waals surface area contributed by atoms with Crippen molar-refractivity contribution in [3.63, 3.8) is 0 Å². The third-order valence-electron chi connectivity index (χ3n) is 4.68. The number of hydrogen-bond donors (Lipinski definition) is 0. The molecule has 0 aliphatic carbocycles. The number of hydrogen-bond acceptors (Lipinski definition) is 5. The summed E-state index contributed by atoms with van der Waals surface area (Å²) < 4.78 is 2.60. The molecule has 1 aliphatic heterocycles. The SMILES string of the molecule is CCCn1cc(/C=C2/SC(=S)N(c3ccc([N+](=O)[O-])cc3)C2=O)c2ccccc21. The number of non-ortho nitro benzene ring substituents is 1. The quantitative estimate of drug-likeness (QED) is 0.239. The van der Waals surface area contributed by atoms with E-state index in [1.54, 1.807) is 12.1 Å². The third-order valence-corrected chi connectivity index (χ3v) is 5.99. The van der Waals surface area contributed by atoms with Gasteiger partial charge in [-0.2, -0.15) is 0 Å². The van der Waals surface area contributed by atoms with E-state index in [1.807, 2.05) is 24.3 Å². The molecule has 0 spiro atoms. The standard InChI is InChI=1S/C21H17N3O3S2/c1-2-11-22-13-14(17-5-3-4-6-18(17)22)12-19-20(25)23(21(28)29-19)15-7-9-16(10-8-15)24(26)27/h3-10,12-13H,2,11H2,1H3/b19-12+. The summed E-state index contributed by atoms with van der Waals surface area (Å²) in [6.45, 7) is 3.03. The Morgan fingerprint density at radius 2 is 1.90 bits per heavy atom. The lowest BCUT2D eigenvalue weighted by Crippen LogP contribution is -2.27. The highest BCUT2D eigenvalue weighted by Gasteiger charge is 2.33. The summed E-state index contributed by atoms with van der Waals surface area (Å²) in [5.41, 5.74) is 2.60. The van der Waals surface area contributed by atoms with Gasteiger partial charge in [0.25, 0.3) is 11.6 Å². The largest absolute Gasteiger partial charge is 0.347 e. The number of amides is 1. The molecular weight excluding hydrogens is 406 g/mol. The Morgan fingerprint density at radius 3 is 2.59 bits per heavy atom. The van der Waals surface area contributed by atoms with E-state index < -0.39 is 4.92 Å². The van der Waals surface area contributed by atoms with Crippen molar-refractivity contribution in [2.75, 3.05) is 4.90 Å².